The third kappa shape index (κ3) is 3.82. The maximum atomic E-state index is 4.66. The molecule has 0 aliphatic heterocycles. The first kappa shape index (κ1) is 15.5. The van der Waals surface area contributed by atoms with Crippen molar-refractivity contribution in [2.45, 2.75) is 33.2 Å². The molecule has 1 aromatic carbocycles. The van der Waals surface area contributed by atoms with Crippen LogP contribution in [0.15, 0.2) is 48.7 Å². The molecular formula is C18H25N3. The topological polar surface area (TPSA) is 28.2 Å². The summed E-state index contributed by atoms with van der Waals surface area (Å²) in [6, 6.07) is 15.1. The van der Waals surface area contributed by atoms with Crippen LogP contribution in [0.5, 0.6) is 0 Å². The second-order valence-corrected chi connectivity index (χ2v) is 5.04. The lowest BCUT2D eigenvalue weighted by Crippen LogP contribution is -2.21. The lowest BCUT2D eigenvalue weighted by Gasteiger charge is -2.23. The van der Waals surface area contributed by atoms with Crippen molar-refractivity contribution in [1.82, 2.24) is 10.3 Å². The second kappa shape index (κ2) is 7.79. The molecule has 1 aromatic heterocycles. The number of anilines is 2. The summed E-state index contributed by atoms with van der Waals surface area (Å²) < 4.78 is 0. The van der Waals surface area contributed by atoms with E-state index in [1.54, 1.807) is 0 Å². The number of hydrogen-bond donors (Lipinski definition) is 1. The minimum Gasteiger partial charge on any atom is -0.341 e. The largest absolute Gasteiger partial charge is 0.341 e. The van der Waals surface area contributed by atoms with E-state index in [0.717, 1.165) is 30.9 Å². The highest BCUT2D eigenvalue weighted by atomic mass is 15.1. The summed E-state index contributed by atoms with van der Waals surface area (Å²) in [5.41, 5.74) is 3.46. The third-order valence-electron chi connectivity index (χ3n) is 3.68. The Kier molecular flexibility index (Phi) is 5.76. The van der Waals surface area contributed by atoms with E-state index in [9.17, 15) is 0 Å². The standard InChI is InChI=1S/C18H25N3/c1-4-17(19-5-2)18-13-12-16(14-20-18)21(6-3)15-10-8-7-9-11-15/h7-14,17,19H,4-6H2,1-3H3. The Morgan fingerprint density at radius 3 is 2.29 bits per heavy atom. The summed E-state index contributed by atoms with van der Waals surface area (Å²) in [7, 11) is 0. The van der Waals surface area contributed by atoms with Gasteiger partial charge < -0.3 is 10.2 Å². The molecule has 21 heavy (non-hydrogen) atoms. The summed E-state index contributed by atoms with van der Waals surface area (Å²) in [4.78, 5) is 6.93. The quantitative estimate of drug-likeness (QED) is 0.821. The van der Waals surface area contributed by atoms with Gasteiger partial charge in [0, 0.05) is 18.3 Å². The highest BCUT2D eigenvalue weighted by Crippen LogP contribution is 2.25. The monoisotopic (exact) mass is 283 g/mol. The van der Waals surface area contributed by atoms with Crippen molar-refractivity contribution in [3.05, 3.63) is 54.4 Å². The van der Waals surface area contributed by atoms with Gasteiger partial charge in [0.25, 0.3) is 0 Å². The fourth-order valence-electron chi connectivity index (χ4n) is 2.59. The van der Waals surface area contributed by atoms with Crippen LogP contribution in [0.3, 0.4) is 0 Å². The zero-order valence-corrected chi connectivity index (χ0v) is 13.2. The van der Waals surface area contributed by atoms with Gasteiger partial charge in [-0.3, -0.25) is 4.98 Å². The molecule has 1 unspecified atom stereocenters. The Bertz CT molecular complexity index is 522. The predicted molar refractivity (Wildman–Crippen MR) is 90.1 cm³/mol. The molecule has 0 saturated carbocycles. The highest BCUT2D eigenvalue weighted by Gasteiger charge is 2.11. The van der Waals surface area contributed by atoms with Gasteiger partial charge >= 0.3 is 0 Å². The highest BCUT2D eigenvalue weighted by molar-refractivity contribution is 5.62. The van der Waals surface area contributed by atoms with Gasteiger partial charge in [0.05, 0.1) is 17.6 Å². The molecule has 1 atom stereocenters. The Labute approximate surface area is 128 Å². The third-order valence-corrected chi connectivity index (χ3v) is 3.68. The Balaban J connectivity index is 2.21. The van der Waals surface area contributed by atoms with Gasteiger partial charge in [-0.2, -0.15) is 0 Å². The average molecular weight is 283 g/mol. The molecule has 0 saturated heterocycles. The van der Waals surface area contributed by atoms with Crippen LogP contribution in [0, 0.1) is 0 Å². The first-order chi connectivity index (χ1) is 10.3. The molecule has 0 amide bonds. The van der Waals surface area contributed by atoms with Crippen LogP contribution >= 0.6 is 0 Å². The maximum Gasteiger partial charge on any atom is 0.0597 e. The Hall–Kier alpha value is -1.87. The lowest BCUT2D eigenvalue weighted by atomic mass is 10.1. The molecule has 3 heteroatoms. The smallest absolute Gasteiger partial charge is 0.0597 e. The van der Waals surface area contributed by atoms with Gasteiger partial charge in [-0.25, -0.2) is 0 Å². The molecule has 0 aliphatic rings. The van der Waals surface area contributed by atoms with Crippen molar-refractivity contribution >= 4 is 11.4 Å². The van der Waals surface area contributed by atoms with Gasteiger partial charge in [-0.15, -0.1) is 0 Å². The number of benzene rings is 1. The zero-order chi connectivity index (χ0) is 15.1. The molecule has 0 bridgehead atoms. The van der Waals surface area contributed by atoms with Gasteiger partial charge in [-0.1, -0.05) is 32.0 Å². The Morgan fingerprint density at radius 1 is 1.00 bits per heavy atom. The molecule has 112 valence electrons. The summed E-state index contributed by atoms with van der Waals surface area (Å²) in [6.07, 6.45) is 3.03. The minimum atomic E-state index is 0.343. The molecule has 2 aromatic rings. The van der Waals surface area contributed by atoms with Crippen molar-refractivity contribution in [2.24, 2.45) is 0 Å². The van der Waals surface area contributed by atoms with Crippen LogP contribution in [-0.2, 0) is 0 Å². The van der Waals surface area contributed by atoms with Gasteiger partial charge in [0.15, 0.2) is 0 Å². The van der Waals surface area contributed by atoms with E-state index in [4.69, 9.17) is 0 Å². The number of nitrogens with one attached hydrogen (secondary N) is 1. The van der Waals surface area contributed by atoms with E-state index in [1.165, 1.54) is 5.69 Å². The van der Waals surface area contributed by atoms with E-state index >= 15 is 0 Å². The Morgan fingerprint density at radius 2 is 1.76 bits per heavy atom. The molecule has 1 N–H and O–H groups in total. The van der Waals surface area contributed by atoms with Crippen LogP contribution < -0.4 is 10.2 Å². The van der Waals surface area contributed by atoms with E-state index in [1.807, 2.05) is 12.3 Å². The molecule has 0 radical (unpaired) electrons. The van der Waals surface area contributed by atoms with Crippen molar-refractivity contribution in [3.8, 4) is 0 Å². The second-order valence-electron chi connectivity index (χ2n) is 5.04. The van der Waals surface area contributed by atoms with Crippen LogP contribution in [0.2, 0.25) is 0 Å². The summed E-state index contributed by atoms with van der Waals surface area (Å²) >= 11 is 0. The van der Waals surface area contributed by atoms with E-state index in [0.29, 0.717) is 6.04 Å². The summed E-state index contributed by atoms with van der Waals surface area (Å²) in [6.45, 7) is 8.37. The van der Waals surface area contributed by atoms with Gasteiger partial charge in [0.2, 0.25) is 0 Å². The fourth-order valence-corrected chi connectivity index (χ4v) is 2.59. The van der Waals surface area contributed by atoms with Crippen molar-refractivity contribution in [3.63, 3.8) is 0 Å². The number of nitrogens with zero attached hydrogens (tertiary/aromatic N) is 2. The maximum absolute atomic E-state index is 4.66. The zero-order valence-electron chi connectivity index (χ0n) is 13.2. The predicted octanol–water partition coefficient (Wildman–Crippen LogP) is 4.30. The first-order valence-electron chi connectivity index (χ1n) is 7.82. The van der Waals surface area contributed by atoms with E-state index in [-0.39, 0.29) is 0 Å². The molecule has 0 spiro atoms. The van der Waals surface area contributed by atoms with Crippen molar-refractivity contribution < 1.29 is 0 Å². The van der Waals surface area contributed by atoms with E-state index < -0.39 is 0 Å². The summed E-state index contributed by atoms with van der Waals surface area (Å²) in [5, 5.41) is 3.47. The number of pyridine rings is 1. The lowest BCUT2D eigenvalue weighted by molar-refractivity contribution is 0.525. The SMILES string of the molecule is CCNC(CC)c1ccc(N(CC)c2ccccc2)cn1. The molecule has 3 nitrogen and oxygen atoms in total. The average Bonchev–Trinajstić information content (AvgIpc) is 2.55. The van der Waals surface area contributed by atoms with Crippen LogP contribution in [0.1, 0.15) is 38.9 Å². The van der Waals surface area contributed by atoms with Crippen molar-refractivity contribution in [1.29, 1.82) is 0 Å². The fraction of sp³-hybridized carbons (Fsp3) is 0.389. The number of rotatable bonds is 7. The van der Waals surface area contributed by atoms with Crippen molar-refractivity contribution in [2.75, 3.05) is 18.0 Å². The molecule has 0 aliphatic carbocycles. The van der Waals surface area contributed by atoms with Gasteiger partial charge in [0.1, 0.15) is 0 Å². The molecular weight excluding hydrogens is 258 g/mol. The minimum absolute atomic E-state index is 0.343. The number of aromatic nitrogens is 1. The normalized spacial score (nSPS) is 12.1. The molecule has 1 heterocycles. The van der Waals surface area contributed by atoms with Crippen LogP contribution in [0.25, 0.3) is 0 Å². The van der Waals surface area contributed by atoms with Crippen LogP contribution in [-0.4, -0.2) is 18.1 Å². The molecule has 0 fully saturated rings. The number of para-hydroxylation sites is 1. The van der Waals surface area contributed by atoms with Crippen LogP contribution in [0.4, 0.5) is 11.4 Å². The first-order valence-corrected chi connectivity index (χ1v) is 7.82. The summed E-state index contributed by atoms with van der Waals surface area (Å²) in [5.74, 6) is 0. The number of hydrogen-bond acceptors (Lipinski definition) is 3. The molecule has 2 rings (SSSR count). The van der Waals surface area contributed by atoms with Gasteiger partial charge in [-0.05, 0) is 44.2 Å². The van der Waals surface area contributed by atoms with E-state index in [2.05, 4.69) is 72.4 Å².